The summed E-state index contributed by atoms with van der Waals surface area (Å²) in [6.45, 7) is 3.51. The van der Waals surface area contributed by atoms with Crippen LogP contribution in [0.3, 0.4) is 0 Å². The summed E-state index contributed by atoms with van der Waals surface area (Å²) >= 11 is 0. The van der Waals surface area contributed by atoms with E-state index in [4.69, 9.17) is 0 Å². The highest BCUT2D eigenvalue weighted by Crippen LogP contribution is 2.28. The van der Waals surface area contributed by atoms with Gasteiger partial charge in [-0.2, -0.15) is 0 Å². The molecule has 2 rings (SSSR count). The van der Waals surface area contributed by atoms with Crippen LogP contribution in [0, 0.1) is 0 Å². The first-order chi connectivity index (χ1) is 9.57. The van der Waals surface area contributed by atoms with E-state index in [-0.39, 0.29) is 18.4 Å². The largest absolute Gasteiger partial charge is 0.394 e. The van der Waals surface area contributed by atoms with Gasteiger partial charge in [-0.1, -0.05) is 24.3 Å². The summed E-state index contributed by atoms with van der Waals surface area (Å²) in [5.41, 5.74) is 2.43. The molecule has 1 aromatic rings. The van der Waals surface area contributed by atoms with Gasteiger partial charge >= 0.3 is 0 Å². The molecule has 1 aliphatic heterocycles. The van der Waals surface area contributed by atoms with Crippen LogP contribution in [0.5, 0.6) is 0 Å². The summed E-state index contributed by atoms with van der Waals surface area (Å²) in [4.78, 5) is 2.14. The number of rotatable bonds is 6. The highest BCUT2D eigenvalue weighted by molar-refractivity contribution is 7.89. The van der Waals surface area contributed by atoms with Gasteiger partial charge in [0.1, 0.15) is 0 Å². The lowest BCUT2D eigenvalue weighted by atomic mass is 9.93. The van der Waals surface area contributed by atoms with Crippen molar-refractivity contribution in [2.24, 2.45) is 0 Å². The van der Waals surface area contributed by atoms with Crippen molar-refractivity contribution in [2.45, 2.75) is 19.4 Å². The minimum Gasteiger partial charge on any atom is -0.394 e. The van der Waals surface area contributed by atoms with Gasteiger partial charge in [0.05, 0.1) is 18.4 Å². The number of benzene rings is 1. The number of aliphatic hydroxyl groups excluding tert-OH is 1. The third-order valence-corrected chi connectivity index (χ3v) is 5.20. The lowest BCUT2D eigenvalue weighted by Crippen LogP contribution is -2.42. The Kier molecular flexibility index (Phi) is 5.15. The lowest BCUT2D eigenvalue weighted by Gasteiger charge is -2.36. The molecule has 1 aromatic carbocycles. The molecule has 112 valence electrons. The van der Waals surface area contributed by atoms with Gasteiger partial charge in [0.15, 0.2) is 0 Å². The Hall–Kier alpha value is -0.950. The molecule has 0 radical (unpaired) electrons. The van der Waals surface area contributed by atoms with Gasteiger partial charge in [0, 0.05) is 19.6 Å². The first-order valence-corrected chi connectivity index (χ1v) is 8.62. The average molecular weight is 298 g/mol. The highest BCUT2D eigenvalue weighted by atomic mass is 32.2. The van der Waals surface area contributed by atoms with Crippen LogP contribution < -0.4 is 4.72 Å². The molecule has 1 atom stereocenters. The van der Waals surface area contributed by atoms with Gasteiger partial charge in [-0.15, -0.1) is 0 Å². The zero-order valence-electron chi connectivity index (χ0n) is 11.7. The Morgan fingerprint density at radius 1 is 1.40 bits per heavy atom. The van der Waals surface area contributed by atoms with E-state index in [1.807, 2.05) is 18.2 Å². The van der Waals surface area contributed by atoms with E-state index in [2.05, 4.69) is 15.7 Å². The fourth-order valence-electron chi connectivity index (χ4n) is 2.63. The van der Waals surface area contributed by atoms with E-state index in [0.29, 0.717) is 13.1 Å². The van der Waals surface area contributed by atoms with Crippen molar-refractivity contribution in [1.29, 1.82) is 0 Å². The van der Waals surface area contributed by atoms with Crippen molar-refractivity contribution in [3.8, 4) is 0 Å². The zero-order chi connectivity index (χ0) is 14.6. The third-order valence-electron chi connectivity index (χ3n) is 3.80. The first kappa shape index (κ1) is 15.4. The predicted octanol–water partition coefficient (Wildman–Crippen LogP) is 0.517. The molecule has 1 heterocycles. The van der Waals surface area contributed by atoms with Crippen LogP contribution in [0.15, 0.2) is 24.3 Å². The first-order valence-electron chi connectivity index (χ1n) is 6.97. The van der Waals surface area contributed by atoms with Crippen molar-refractivity contribution in [3.05, 3.63) is 35.4 Å². The van der Waals surface area contributed by atoms with Crippen LogP contribution in [-0.4, -0.2) is 50.4 Å². The minimum absolute atomic E-state index is 0.0360. The van der Waals surface area contributed by atoms with Crippen LogP contribution in [0.1, 0.15) is 24.1 Å². The van der Waals surface area contributed by atoms with Crippen LogP contribution in [0.25, 0.3) is 0 Å². The summed E-state index contributed by atoms with van der Waals surface area (Å²) < 4.78 is 25.4. The van der Waals surface area contributed by atoms with E-state index in [1.54, 1.807) is 6.92 Å². The second-order valence-electron chi connectivity index (χ2n) is 4.98. The van der Waals surface area contributed by atoms with Crippen LogP contribution in [0.2, 0.25) is 0 Å². The summed E-state index contributed by atoms with van der Waals surface area (Å²) in [6.07, 6.45) is 0.938. The van der Waals surface area contributed by atoms with Gasteiger partial charge in [-0.25, -0.2) is 13.1 Å². The Morgan fingerprint density at radius 3 is 2.85 bits per heavy atom. The van der Waals surface area contributed by atoms with Gasteiger partial charge in [0.25, 0.3) is 0 Å². The summed E-state index contributed by atoms with van der Waals surface area (Å²) in [7, 11) is -3.14. The second kappa shape index (κ2) is 6.67. The van der Waals surface area contributed by atoms with E-state index in [0.717, 1.165) is 18.5 Å². The van der Waals surface area contributed by atoms with Crippen molar-refractivity contribution >= 4 is 10.0 Å². The molecule has 0 aliphatic carbocycles. The van der Waals surface area contributed by atoms with E-state index in [9.17, 15) is 13.5 Å². The van der Waals surface area contributed by atoms with E-state index >= 15 is 0 Å². The Balaban J connectivity index is 2.00. The molecule has 0 amide bonds. The zero-order valence-corrected chi connectivity index (χ0v) is 12.6. The van der Waals surface area contributed by atoms with Gasteiger partial charge in [0.2, 0.25) is 10.0 Å². The Morgan fingerprint density at radius 2 is 2.15 bits per heavy atom. The number of hydrogen-bond donors (Lipinski definition) is 2. The minimum atomic E-state index is -3.14. The monoisotopic (exact) mass is 298 g/mol. The number of nitrogens with zero attached hydrogens (tertiary/aromatic N) is 1. The van der Waals surface area contributed by atoms with Crippen molar-refractivity contribution < 1.29 is 13.5 Å². The van der Waals surface area contributed by atoms with Crippen LogP contribution in [0.4, 0.5) is 0 Å². The molecule has 0 bridgehead atoms. The Labute approximate surface area is 120 Å². The maximum absolute atomic E-state index is 11.4. The molecule has 0 spiro atoms. The van der Waals surface area contributed by atoms with E-state index in [1.165, 1.54) is 5.56 Å². The standard InChI is InChI=1S/C14H22N2O3S/c1-2-20(18,19)15-8-10-16-9-7-12-5-3-4-6-13(12)14(16)11-17/h3-6,14-15,17H,2,7-11H2,1H3/t14-/m0/s1. The van der Waals surface area contributed by atoms with Gasteiger partial charge in [-0.05, 0) is 24.5 Å². The third kappa shape index (κ3) is 3.58. The number of sulfonamides is 1. The predicted molar refractivity (Wildman–Crippen MR) is 79.0 cm³/mol. The molecule has 6 heteroatoms. The van der Waals surface area contributed by atoms with Crippen molar-refractivity contribution in [1.82, 2.24) is 9.62 Å². The van der Waals surface area contributed by atoms with Gasteiger partial charge in [-0.3, -0.25) is 4.90 Å². The SMILES string of the molecule is CCS(=O)(=O)NCCN1CCc2ccccc2[C@@H]1CO. The number of fused-ring (bicyclic) bond motifs is 1. The number of aliphatic hydroxyl groups is 1. The second-order valence-corrected chi connectivity index (χ2v) is 7.08. The van der Waals surface area contributed by atoms with Gasteiger partial charge < -0.3 is 5.11 Å². The van der Waals surface area contributed by atoms with Crippen LogP contribution in [-0.2, 0) is 16.4 Å². The molecule has 2 N–H and O–H groups in total. The quantitative estimate of drug-likeness (QED) is 0.803. The van der Waals surface area contributed by atoms with Crippen molar-refractivity contribution in [3.63, 3.8) is 0 Å². The molecule has 5 nitrogen and oxygen atoms in total. The lowest BCUT2D eigenvalue weighted by molar-refractivity contribution is 0.116. The van der Waals surface area contributed by atoms with Crippen LogP contribution >= 0.6 is 0 Å². The maximum Gasteiger partial charge on any atom is 0.211 e. The summed E-state index contributed by atoms with van der Waals surface area (Å²) in [6, 6.07) is 8.09. The molecule has 20 heavy (non-hydrogen) atoms. The molecular formula is C14H22N2O3S. The fraction of sp³-hybridized carbons (Fsp3) is 0.571. The summed E-state index contributed by atoms with van der Waals surface area (Å²) in [5.74, 6) is 0.0965. The smallest absolute Gasteiger partial charge is 0.211 e. The molecule has 1 aliphatic rings. The molecule has 0 aromatic heterocycles. The normalized spacial score (nSPS) is 19.8. The highest BCUT2D eigenvalue weighted by Gasteiger charge is 2.26. The molecule has 0 saturated carbocycles. The molecule has 0 unspecified atom stereocenters. The number of nitrogens with one attached hydrogen (secondary N) is 1. The molecule has 0 saturated heterocycles. The Bertz CT molecular complexity index is 545. The fourth-order valence-corrected chi connectivity index (χ4v) is 3.24. The molecule has 0 fully saturated rings. The molecular weight excluding hydrogens is 276 g/mol. The number of hydrogen-bond acceptors (Lipinski definition) is 4. The topological polar surface area (TPSA) is 69.6 Å². The summed E-state index contributed by atoms with van der Waals surface area (Å²) in [5, 5.41) is 9.63. The maximum atomic E-state index is 11.4. The van der Waals surface area contributed by atoms with E-state index < -0.39 is 10.0 Å². The van der Waals surface area contributed by atoms with Crippen molar-refractivity contribution in [2.75, 3.05) is 32.0 Å². The average Bonchev–Trinajstić information content (AvgIpc) is 2.46.